The van der Waals surface area contributed by atoms with Crippen LogP contribution in [0.25, 0.3) is 0 Å². The van der Waals surface area contributed by atoms with E-state index in [1.165, 1.54) is 6.92 Å². The van der Waals surface area contributed by atoms with Crippen molar-refractivity contribution in [2.45, 2.75) is 52.1 Å². The third kappa shape index (κ3) is 3.83. The summed E-state index contributed by atoms with van der Waals surface area (Å²) in [6.07, 6.45) is 4.80. The third-order valence-electron chi connectivity index (χ3n) is 4.13. The molecular weight excluding hydrogens is 312 g/mol. The van der Waals surface area contributed by atoms with Gasteiger partial charge in [0.2, 0.25) is 11.8 Å². The Morgan fingerprint density at radius 3 is 2.17 bits per heavy atom. The number of rotatable bonds is 4. The molecule has 0 spiro atoms. The van der Waals surface area contributed by atoms with Gasteiger partial charge in [0, 0.05) is 5.54 Å². The molecule has 0 saturated carbocycles. The van der Waals surface area contributed by atoms with Crippen LogP contribution in [0.2, 0.25) is 0 Å². The number of fused-ring (bicyclic) bond motifs is 1. The van der Waals surface area contributed by atoms with Crippen molar-refractivity contribution >= 4 is 23.7 Å². The molecule has 3 atom stereocenters. The van der Waals surface area contributed by atoms with Gasteiger partial charge in [0.25, 0.3) is 5.91 Å². The van der Waals surface area contributed by atoms with Crippen LogP contribution in [0.4, 0.5) is 0 Å². The lowest BCUT2D eigenvalue weighted by Gasteiger charge is -2.23. The minimum Gasteiger partial charge on any atom is -0.454 e. The predicted octanol–water partition coefficient (Wildman–Crippen LogP) is 0.784. The average molecular weight is 336 g/mol. The fourth-order valence-corrected chi connectivity index (χ4v) is 3.02. The summed E-state index contributed by atoms with van der Waals surface area (Å²) in [4.78, 5) is 49.6. The molecule has 1 aliphatic heterocycles. The van der Waals surface area contributed by atoms with Crippen molar-refractivity contribution in [3.8, 4) is 0 Å². The molecule has 132 valence electrons. The Hall–Kier alpha value is -2.18. The second-order valence-corrected chi connectivity index (χ2v) is 7.28. The number of allylic oxidation sites excluding steroid dienone is 2. The summed E-state index contributed by atoms with van der Waals surface area (Å²) in [5.41, 5.74) is -0.432. The standard InChI is InChI=1S/C17H24N2O5/c1-10(16(23)24-9-13(20)18-17(2,3)4)19-14(21)11-7-5-6-8-12(11)15(19)22/h5-6,10-12H,7-9H2,1-4H3,(H,18,20)/t10-,11-,12+/m0/s1. The van der Waals surface area contributed by atoms with Gasteiger partial charge in [0.05, 0.1) is 11.8 Å². The first-order valence-electron chi connectivity index (χ1n) is 8.11. The number of likely N-dealkylation sites (tertiary alicyclic amines) is 1. The van der Waals surface area contributed by atoms with Crippen LogP contribution in [0, 0.1) is 11.8 Å². The van der Waals surface area contributed by atoms with E-state index in [1.54, 1.807) is 0 Å². The van der Waals surface area contributed by atoms with Crippen LogP contribution in [-0.2, 0) is 23.9 Å². The summed E-state index contributed by atoms with van der Waals surface area (Å²) >= 11 is 0. The number of hydrogen-bond acceptors (Lipinski definition) is 5. The van der Waals surface area contributed by atoms with Crippen molar-refractivity contribution in [3.05, 3.63) is 12.2 Å². The van der Waals surface area contributed by atoms with Crippen molar-refractivity contribution in [2.24, 2.45) is 11.8 Å². The van der Waals surface area contributed by atoms with Gasteiger partial charge in [-0.25, -0.2) is 4.79 Å². The zero-order valence-corrected chi connectivity index (χ0v) is 14.5. The topological polar surface area (TPSA) is 92.8 Å². The van der Waals surface area contributed by atoms with Gasteiger partial charge in [-0.1, -0.05) is 12.2 Å². The van der Waals surface area contributed by atoms with E-state index < -0.39 is 30.1 Å². The Morgan fingerprint density at radius 1 is 1.21 bits per heavy atom. The first-order chi connectivity index (χ1) is 11.1. The summed E-state index contributed by atoms with van der Waals surface area (Å²) in [7, 11) is 0. The molecule has 7 heteroatoms. The van der Waals surface area contributed by atoms with E-state index in [2.05, 4.69) is 5.32 Å². The molecule has 0 aromatic rings. The van der Waals surface area contributed by atoms with Gasteiger partial charge in [-0.3, -0.25) is 19.3 Å². The number of nitrogens with one attached hydrogen (secondary N) is 1. The van der Waals surface area contributed by atoms with Gasteiger partial charge < -0.3 is 10.1 Å². The smallest absolute Gasteiger partial charge is 0.329 e. The maximum absolute atomic E-state index is 12.4. The summed E-state index contributed by atoms with van der Waals surface area (Å²) < 4.78 is 4.96. The number of ether oxygens (including phenoxy) is 1. The molecule has 0 aromatic heterocycles. The van der Waals surface area contributed by atoms with E-state index in [4.69, 9.17) is 4.74 Å². The van der Waals surface area contributed by atoms with Crippen molar-refractivity contribution in [2.75, 3.05) is 6.61 Å². The third-order valence-corrected chi connectivity index (χ3v) is 4.13. The van der Waals surface area contributed by atoms with Crippen LogP contribution in [0.3, 0.4) is 0 Å². The quantitative estimate of drug-likeness (QED) is 0.465. The maximum Gasteiger partial charge on any atom is 0.329 e. The monoisotopic (exact) mass is 336 g/mol. The normalized spacial score (nSPS) is 24.6. The molecule has 2 aliphatic rings. The van der Waals surface area contributed by atoms with Crippen LogP contribution < -0.4 is 5.32 Å². The predicted molar refractivity (Wildman–Crippen MR) is 85.5 cm³/mol. The largest absolute Gasteiger partial charge is 0.454 e. The number of esters is 1. The van der Waals surface area contributed by atoms with Crippen LogP contribution in [-0.4, -0.2) is 46.8 Å². The van der Waals surface area contributed by atoms with Crippen LogP contribution in [0.15, 0.2) is 12.2 Å². The SMILES string of the molecule is C[C@@H](C(=O)OCC(=O)NC(C)(C)C)N1C(=O)[C@H]2CC=CC[C@H]2C1=O. The number of nitrogens with zero attached hydrogens (tertiary/aromatic N) is 1. The second-order valence-electron chi connectivity index (χ2n) is 7.28. The zero-order valence-electron chi connectivity index (χ0n) is 14.5. The summed E-state index contributed by atoms with van der Waals surface area (Å²) in [5.74, 6) is -2.63. The van der Waals surface area contributed by atoms with E-state index in [-0.39, 0.29) is 23.7 Å². The van der Waals surface area contributed by atoms with Crippen molar-refractivity contribution in [3.63, 3.8) is 0 Å². The molecular formula is C17H24N2O5. The lowest BCUT2D eigenvalue weighted by Crippen LogP contribution is -2.46. The number of carbonyl (C=O) groups excluding carboxylic acids is 4. The summed E-state index contributed by atoms with van der Waals surface area (Å²) in [6, 6.07) is -1.03. The number of carbonyl (C=O) groups is 4. The van der Waals surface area contributed by atoms with Gasteiger partial charge in [0.1, 0.15) is 6.04 Å². The Kier molecular flexibility index (Phi) is 5.11. The maximum atomic E-state index is 12.4. The molecule has 1 aliphatic carbocycles. The van der Waals surface area contributed by atoms with E-state index in [1.807, 2.05) is 32.9 Å². The Labute approximate surface area is 141 Å². The minimum absolute atomic E-state index is 0.335. The molecule has 0 radical (unpaired) electrons. The van der Waals surface area contributed by atoms with Gasteiger partial charge in [-0.2, -0.15) is 0 Å². The molecule has 24 heavy (non-hydrogen) atoms. The highest BCUT2D eigenvalue weighted by Crippen LogP contribution is 2.36. The first-order valence-corrected chi connectivity index (χ1v) is 8.11. The lowest BCUT2D eigenvalue weighted by molar-refractivity contribution is -0.159. The van der Waals surface area contributed by atoms with Gasteiger partial charge in [-0.15, -0.1) is 0 Å². The lowest BCUT2D eigenvalue weighted by atomic mass is 9.85. The molecule has 1 heterocycles. The highest BCUT2D eigenvalue weighted by atomic mass is 16.5. The molecule has 2 rings (SSSR count). The highest BCUT2D eigenvalue weighted by molar-refractivity contribution is 6.08. The zero-order chi connectivity index (χ0) is 18.1. The van der Waals surface area contributed by atoms with Gasteiger partial charge in [0.15, 0.2) is 6.61 Å². The van der Waals surface area contributed by atoms with Gasteiger partial charge >= 0.3 is 5.97 Å². The van der Waals surface area contributed by atoms with E-state index in [9.17, 15) is 19.2 Å². The second kappa shape index (κ2) is 6.75. The van der Waals surface area contributed by atoms with E-state index >= 15 is 0 Å². The van der Waals surface area contributed by atoms with Crippen molar-refractivity contribution < 1.29 is 23.9 Å². The molecule has 1 saturated heterocycles. The van der Waals surface area contributed by atoms with Crippen LogP contribution >= 0.6 is 0 Å². The minimum atomic E-state index is -1.03. The number of amides is 3. The Morgan fingerprint density at radius 2 is 1.71 bits per heavy atom. The molecule has 1 fully saturated rings. The van der Waals surface area contributed by atoms with Gasteiger partial charge in [-0.05, 0) is 40.5 Å². The molecule has 1 N–H and O–H groups in total. The Bertz CT molecular complexity index is 564. The number of hydrogen-bond donors (Lipinski definition) is 1. The first kappa shape index (κ1) is 18.2. The fourth-order valence-electron chi connectivity index (χ4n) is 3.02. The molecule has 3 amide bonds. The van der Waals surface area contributed by atoms with Crippen molar-refractivity contribution in [1.82, 2.24) is 10.2 Å². The fraction of sp³-hybridized carbons (Fsp3) is 0.647. The van der Waals surface area contributed by atoms with Crippen LogP contribution in [0.1, 0.15) is 40.5 Å². The number of imide groups is 1. The highest BCUT2D eigenvalue weighted by Gasteiger charge is 2.50. The molecule has 0 bridgehead atoms. The molecule has 0 aromatic carbocycles. The van der Waals surface area contributed by atoms with Crippen molar-refractivity contribution in [1.29, 1.82) is 0 Å². The van der Waals surface area contributed by atoms with Crippen LogP contribution in [0.5, 0.6) is 0 Å². The Balaban J connectivity index is 1.95. The summed E-state index contributed by atoms with van der Waals surface area (Å²) in [6.45, 7) is 6.45. The van der Waals surface area contributed by atoms with E-state index in [0.717, 1.165) is 4.90 Å². The van der Waals surface area contributed by atoms with E-state index in [0.29, 0.717) is 12.8 Å². The molecule has 0 unspecified atom stereocenters. The molecule has 7 nitrogen and oxygen atoms in total. The summed E-state index contributed by atoms with van der Waals surface area (Å²) in [5, 5.41) is 2.67. The average Bonchev–Trinajstić information content (AvgIpc) is 2.74.